The maximum Gasteiger partial charge on any atom is 0.360 e. The van der Waals surface area contributed by atoms with Crippen molar-refractivity contribution in [2.75, 3.05) is 20.8 Å². The van der Waals surface area contributed by atoms with Gasteiger partial charge >= 0.3 is 5.97 Å². The van der Waals surface area contributed by atoms with E-state index in [1.165, 1.54) is 7.11 Å². The summed E-state index contributed by atoms with van der Waals surface area (Å²) in [5.74, 6) is -0.496. The van der Waals surface area contributed by atoms with Crippen LogP contribution in [0.1, 0.15) is 27.6 Å². The number of nitrogens with zero attached hydrogens (tertiary/aromatic N) is 4. The zero-order valence-corrected chi connectivity index (χ0v) is 12.4. The number of ether oxygens (including phenoxy) is 2. The molecule has 0 radical (unpaired) electrons. The summed E-state index contributed by atoms with van der Waals surface area (Å²) in [5, 5.41) is 7.95. The quantitative estimate of drug-likeness (QED) is 0.739. The van der Waals surface area contributed by atoms with Gasteiger partial charge in [-0.05, 0) is 19.1 Å². The fourth-order valence-corrected chi connectivity index (χ4v) is 2.00. The molecule has 0 amide bonds. The number of pyridine rings is 1. The van der Waals surface area contributed by atoms with Gasteiger partial charge in [0.15, 0.2) is 5.69 Å². The van der Waals surface area contributed by atoms with Gasteiger partial charge in [-0.2, -0.15) is 0 Å². The van der Waals surface area contributed by atoms with Crippen molar-refractivity contribution >= 4 is 5.97 Å². The molecule has 21 heavy (non-hydrogen) atoms. The van der Waals surface area contributed by atoms with Crippen LogP contribution >= 0.6 is 0 Å². The first-order valence-electron chi connectivity index (χ1n) is 6.58. The van der Waals surface area contributed by atoms with E-state index in [1.807, 2.05) is 25.1 Å². The third-order valence-electron chi connectivity index (χ3n) is 3.02. The molecule has 2 heterocycles. The Balaban J connectivity index is 2.29. The van der Waals surface area contributed by atoms with Gasteiger partial charge < -0.3 is 9.47 Å². The van der Waals surface area contributed by atoms with Crippen molar-refractivity contribution in [2.45, 2.75) is 19.9 Å². The second-order valence-electron chi connectivity index (χ2n) is 4.55. The summed E-state index contributed by atoms with van der Waals surface area (Å²) in [5.41, 5.74) is 2.70. The molecule has 0 saturated heterocycles. The minimum atomic E-state index is -0.496. The fraction of sp³-hybridized carbons (Fsp3) is 0.429. The fourth-order valence-electron chi connectivity index (χ4n) is 2.00. The van der Waals surface area contributed by atoms with E-state index in [2.05, 4.69) is 15.3 Å². The van der Waals surface area contributed by atoms with Gasteiger partial charge in [-0.1, -0.05) is 11.3 Å². The Labute approximate surface area is 122 Å². The molecular weight excluding hydrogens is 272 g/mol. The molecule has 0 aromatic carbocycles. The Morgan fingerprint density at radius 2 is 2.14 bits per heavy atom. The van der Waals surface area contributed by atoms with Gasteiger partial charge in [0.25, 0.3) is 0 Å². The van der Waals surface area contributed by atoms with Crippen molar-refractivity contribution in [1.29, 1.82) is 0 Å². The van der Waals surface area contributed by atoms with Gasteiger partial charge in [0.1, 0.15) is 0 Å². The number of carbonyl (C=O) groups excluding carboxylic acids is 1. The van der Waals surface area contributed by atoms with Crippen molar-refractivity contribution < 1.29 is 14.3 Å². The number of hydrogen-bond donors (Lipinski definition) is 0. The molecule has 0 aliphatic heterocycles. The second-order valence-corrected chi connectivity index (χ2v) is 4.55. The molecule has 0 spiro atoms. The molecule has 2 rings (SSSR count). The lowest BCUT2D eigenvalue weighted by atomic mass is 10.2. The highest BCUT2D eigenvalue weighted by atomic mass is 16.5. The molecule has 0 aliphatic carbocycles. The summed E-state index contributed by atoms with van der Waals surface area (Å²) in [7, 11) is 2.93. The van der Waals surface area contributed by atoms with Gasteiger partial charge in [-0.15, -0.1) is 5.10 Å². The van der Waals surface area contributed by atoms with Crippen LogP contribution in [0.5, 0.6) is 0 Å². The topological polar surface area (TPSA) is 79.1 Å². The summed E-state index contributed by atoms with van der Waals surface area (Å²) in [6.07, 6.45) is 0.528. The van der Waals surface area contributed by atoms with E-state index in [9.17, 15) is 4.79 Å². The number of esters is 1. The molecule has 0 unspecified atom stereocenters. The Morgan fingerprint density at radius 1 is 1.33 bits per heavy atom. The normalized spacial score (nSPS) is 10.6. The number of methoxy groups -OCH3 is 2. The highest BCUT2D eigenvalue weighted by Gasteiger charge is 2.20. The molecule has 7 heteroatoms. The summed E-state index contributed by atoms with van der Waals surface area (Å²) in [6, 6.07) is 5.77. The molecule has 2 aromatic rings. The highest BCUT2D eigenvalue weighted by Crippen LogP contribution is 2.11. The lowest BCUT2D eigenvalue weighted by Gasteiger charge is -2.07. The highest BCUT2D eigenvalue weighted by molar-refractivity contribution is 5.88. The van der Waals surface area contributed by atoms with Crippen LogP contribution in [0.25, 0.3) is 0 Å². The minimum Gasteiger partial charge on any atom is -0.464 e. The summed E-state index contributed by atoms with van der Waals surface area (Å²) < 4.78 is 11.5. The van der Waals surface area contributed by atoms with Crippen LogP contribution in [-0.4, -0.2) is 46.8 Å². The average Bonchev–Trinajstić information content (AvgIpc) is 2.87. The van der Waals surface area contributed by atoms with E-state index < -0.39 is 5.97 Å². The van der Waals surface area contributed by atoms with E-state index in [-0.39, 0.29) is 5.69 Å². The Morgan fingerprint density at radius 3 is 2.81 bits per heavy atom. The molecule has 0 atom stereocenters. The maximum absolute atomic E-state index is 11.7. The van der Waals surface area contributed by atoms with Gasteiger partial charge in [-0.3, -0.25) is 4.98 Å². The monoisotopic (exact) mass is 290 g/mol. The third-order valence-corrected chi connectivity index (χ3v) is 3.02. The van der Waals surface area contributed by atoms with Crippen LogP contribution < -0.4 is 0 Å². The zero-order valence-electron chi connectivity index (χ0n) is 12.4. The molecule has 0 saturated carbocycles. The first kappa shape index (κ1) is 15.1. The van der Waals surface area contributed by atoms with Crippen LogP contribution in [0.15, 0.2) is 18.2 Å². The lowest BCUT2D eigenvalue weighted by Crippen LogP contribution is -2.13. The molecule has 0 bridgehead atoms. The predicted octanol–water partition coefficient (Wildman–Crippen LogP) is 1.01. The number of aromatic nitrogens is 4. The first-order valence-corrected chi connectivity index (χ1v) is 6.58. The van der Waals surface area contributed by atoms with E-state index in [0.717, 1.165) is 11.4 Å². The summed E-state index contributed by atoms with van der Waals surface area (Å²) >= 11 is 0. The van der Waals surface area contributed by atoms with Crippen molar-refractivity contribution in [3.63, 3.8) is 0 Å². The van der Waals surface area contributed by atoms with Crippen molar-refractivity contribution in [3.05, 3.63) is 41.0 Å². The Bertz CT molecular complexity index is 624. The van der Waals surface area contributed by atoms with E-state index in [0.29, 0.717) is 25.3 Å². The Hall–Kier alpha value is -2.28. The van der Waals surface area contributed by atoms with Gasteiger partial charge in [-0.25, -0.2) is 9.48 Å². The van der Waals surface area contributed by atoms with Gasteiger partial charge in [0.2, 0.25) is 0 Å². The lowest BCUT2D eigenvalue weighted by molar-refractivity contribution is 0.0592. The van der Waals surface area contributed by atoms with Crippen LogP contribution in [0, 0.1) is 6.92 Å². The Kier molecular flexibility index (Phi) is 4.99. The van der Waals surface area contributed by atoms with Gasteiger partial charge in [0, 0.05) is 19.2 Å². The molecule has 0 aliphatic rings. The zero-order chi connectivity index (χ0) is 15.2. The number of hydrogen-bond acceptors (Lipinski definition) is 6. The first-order chi connectivity index (χ1) is 10.2. The van der Waals surface area contributed by atoms with Crippen molar-refractivity contribution in [1.82, 2.24) is 20.0 Å². The van der Waals surface area contributed by atoms with Crippen molar-refractivity contribution in [2.24, 2.45) is 0 Å². The smallest absolute Gasteiger partial charge is 0.360 e. The molecule has 2 aromatic heterocycles. The molecule has 112 valence electrons. The van der Waals surface area contributed by atoms with Crippen LogP contribution in [0.2, 0.25) is 0 Å². The summed E-state index contributed by atoms with van der Waals surface area (Å²) in [4.78, 5) is 16.2. The molecule has 7 nitrogen and oxygen atoms in total. The van der Waals surface area contributed by atoms with Gasteiger partial charge in [0.05, 0.1) is 31.6 Å². The number of aryl methyl sites for hydroxylation is 1. The van der Waals surface area contributed by atoms with E-state index in [1.54, 1.807) is 11.8 Å². The van der Waals surface area contributed by atoms with Crippen LogP contribution in [0.4, 0.5) is 0 Å². The standard InChI is InChI=1S/C14H18N4O3/c1-10-5-4-6-11(15-10)9-18-12(7-8-20-2)13(16-17-18)14(19)21-3/h4-6H,7-9H2,1-3H3. The van der Waals surface area contributed by atoms with Crippen molar-refractivity contribution in [3.8, 4) is 0 Å². The summed E-state index contributed by atoms with van der Waals surface area (Å²) in [6.45, 7) is 2.85. The second kappa shape index (κ2) is 6.94. The number of carbonyl (C=O) groups is 1. The predicted molar refractivity (Wildman–Crippen MR) is 75.0 cm³/mol. The molecular formula is C14H18N4O3. The average molecular weight is 290 g/mol. The number of rotatable bonds is 6. The van der Waals surface area contributed by atoms with E-state index >= 15 is 0 Å². The van der Waals surface area contributed by atoms with E-state index in [4.69, 9.17) is 9.47 Å². The maximum atomic E-state index is 11.7. The SMILES string of the molecule is COCCc1c(C(=O)OC)nnn1Cc1cccc(C)n1. The third kappa shape index (κ3) is 3.63. The van der Waals surface area contributed by atoms with Crippen LogP contribution in [0.3, 0.4) is 0 Å². The largest absolute Gasteiger partial charge is 0.464 e. The van der Waals surface area contributed by atoms with Crippen LogP contribution in [-0.2, 0) is 22.4 Å². The minimum absolute atomic E-state index is 0.224. The molecule has 0 fully saturated rings. The molecule has 0 N–H and O–H groups in total.